The Hall–Kier alpha value is -0.920. The molecule has 0 saturated carbocycles. The number of rotatable bonds is 2. The van der Waals surface area contributed by atoms with Crippen molar-refractivity contribution in [2.45, 2.75) is 0 Å². The third kappa shape index (κ3) is 5.08. The lowest BCUT2D eigenvalue weighted by atomic mass is 11.1. The molecule has 0 amide bonds. The van der Waals surface area contributed by atoms with Crippen LogP contribution >= 0.6 is 0 Å². The van der Waals surface area contributed by atoms with Crippen molar-refractivity contribution < 1.29 is 19.7 Å². The zero-order valence-corrected chi connectivity index (χ0v) is 4.13. The normalized spacial score (nSPS) is 6.75. The minimum atomic E-state index is -0.470. The Morgan fingerprint density at radius 3 is 1.62 bits per heavy atom. The molecule has 46 valence electrons. The summed E-state index contributed by atoms with van der Waals surface area (Å²) >= 11 is 0. The van der Waals surface area contributed by atoms with E-state index in [-0.39, 0.29) is 0 Å². The van der Waals surface area contributed by atoms with E-state index in [2.05, 4.69) is 9.47 Å². The molecule has 0 radical (unpaired) electrons. The second kappa shape index (κ2) is 6.08. The van der Waals surface area contributed by atoms with E-state index < -0.39 is 13.6 Å². The molecular weight excluding hydrogens is 112 g/mol. The van der Waals surface area contributed by atoms with Gasteiger partial charge in [-0.25, -0.2) is 0 Å². The second-order valence-corrected chi connectivity index (χ2v) is 0.751. The average molecular weight is 118 g/mol. The molecule has 0 aliphatic rings. The fraction of sp³-hybridized carbons (Fsp3) is 0.500. The van der Waals surface area contributed by atoms with Crippen LogP contribution in [-0.4, -0.2) is 23.8 Å². The fourth-order valence-corrected chi connectivity index (χ4v) is 0.123. The minimum absolute atomic E-state index is 0.470. The summed E-state index contributed by atoms with van der Waals surface area (Å²) in [6, 6.07) is 0. The molecule has 0 aliphatic carbocycles. The van der Waals surface area contributed by atoms with Gasteiger partial charge in [0.1, 0.15) is 0 Å². The highest BCUT2D eigenvalue weighted by atomic mass is 16.6. The Bertz CT molecular complexity index is 79.9. The molecule has 0 fully saturated rings. The minimum Gasteiger partial charge on any atom is -0.415 e. The van der Waals surface area contributed by atoms with Crippen LogP contribution in [0.1, 0.15) is 0 Å². The third-order valence-corrected chi connectivity index (χ3v) is 0.315. The van der Waals surface area contributed by atoms with Gasteiger partial charge in [0, 0.05) is 0 Å². The van der Waals surface area contributed by atoms with E-state index >= 15 is 0 Å². The SMILES string of the molecule is OCOC#COCO. The van der Waals surface area contributed by atoms with Gasteiger partial charge in [-0.2, -0.15) is 0 Å². The van der Waals surface area contributed by atoms with Crippen molar-refractivity contribution in [1.29, 1.82) is 0 Å². The molecule has 0 bridgehead atoms. The van der Waals surface area contributed by atoms with Crippen molar-refractivity contribution in [3.63, 3.8) is 0 Å². The van der Waals surface area contributed by atoms with Crippen LogP contribution in [-0.2, 0) is 9.47 Å². The van der Waals surface area contributed by atoms with Gasteiger partial charge >= 0.3 is 0 Å². The molecule has 0 aromatic carbocycles. The first-order valence-electron chi connectivity index (χ1n) is 1.87. The van der Waals surface area contributed by atoms with Gasteiger partial charge in [0.05, 0.1) is 0 Å². The number of aliphatic hydroxyl groups excluding tert-OH is 2. The third-order valence-electron chi connectivity index (χ3n) is 0.315. The summed E-state index contributed by atoms with van der Waals surface area (Å²) in [6.45, 7) is -0.941. The molecule has 0 heterocycles. The van der Waals surface area contributed by atoms with Gasteiger partial charge in [-0.1, -0.05) is 0 Å². The summed E-state index contributed by atoms with van der Waals surface area (Å²) in [7, 11) is 0. The summed E-state index contributed by atoms with van der Waals surface area (Å²) < 4.78 is 8.19. The van der Waals surface area contributed by atoms with Crippen LogP contribution in [0.5, 0.6) is 0 Å². The first kappa shape index (κ1) is 7.08. The topological polar surface area (TPSA) is 58.9 Å². The molecular formula is C4H6O4. The van der Waals surface area contributed by atoms with E-state index in [4.69, 9.17) is 10.2 Å². The van der Waals surface area contributed by atoms with E-state index in [0.717, 1.165) is 0 Å². The molecule has 0 atom stereocenters. The molecule has 0 aromatic heterocycles. The zero-order chi connectivity index (χ0) is 6.24. The zero-order valence-electron chi connectivity index (χ0n) is 4.13. The summed E-state index contributed by atoms with van der Waals surface area (Å²) in [6.07, 6.45) is 3.91. The predicted molar refractivity (Wildman–Crippen MR) is 24.1 cm³/mol. The van der Waals surface area contributed by atoms with E-state index in [1.54, 1.807) is 0 Å². The molecule has 4 nitrogen and oxygen atoms in total. The van der Waals surface area contributed by atoms with Gasteiger partial charge in [0.25, 0.3) is 0 Å². The molecule has 0 unspecified atom stereocenters. The van der Waals surface area contributed by atoms with Crippen LogP contribution in [0.25, 0.3) is 0 Å². The first-order valence-corrected chi connectivity index (χ1v) is 1.87. The lowest BCUT2D eigenvalue weighted by Gasteiger charge is -1.85. The molecule has 4 heteroatoms. The van der Waals surface area contributed by atoms with Gasteiger partial charge in [0.2, 0.25) is 0 Å². The number of aliphatic hydroxyl groups is 2. The Kier molecular flexibility index (Phi) is 5.38. The lowest BCUT2D eigenvalue weighted by Crippen LogP contribution is -1.85. The van der Waals surface area contributed by atoms with Gasteiger partial charge in [-0.05, 0) is 0 Å². The highest BCUT2D eigenvalue weighted by Crippen LogP contribution is 1.64. The largest absolute Gasteiger partial charge is 0.415 e. The molecule has 0 aliphatic heterocycles. The molecule has 0 saturated heterocycles. The number of ether oxygens (including phenoxy) is 2. The van der Waals surface area contributed by atoms with Crippen LogP contribution in [0.15, 0.2) is 0 Å². The van der Waals surface area contributed by atoms with E-state index in [1.165, 1.54) is 0 Å². The summed E-state index contributed by atoms with van der Waals surface area (Å²) in [4.78, 5) is 0. The molecule has 0 aromatic rings. The average Bonchev–Trinajstić information content (AvgIpc) is 1.81. The van der Waals surface area contributed by atoms with E-state index in [1.807, 2.05) is 12.2 Å². The monoisotopic (exact) mass is 118 g/mol. The summed E-state index contributed by atoms with van der Waals surface area (Å²) in [5, 5.41) is 15.8. The Morgan fingerprint density at radius 1 is 1.00 bits per heavy atom. The van der Waals surface area contributed by atoms with E-state index in [9.17, 15) is 0 Å². The predicted octanol–water partition coefficient (Wildman–Crippen LogP) is -1.16. The molecule has 0 rings (SSSR count). The van der Waals surface area contributed by atoms with Gasteiger partial charge < -0.3 is 19.7 Å². The Labute approximate surface area is 46.6 Å². The number of hydrogen-bond donors (Lipinski definition) is 2. The maximum absolute atomic E-state index is 7.92. The van der Waals surface area contributed by atoms with Crippen molar-refractivity contribution >= 4 is 0 Å². The van der Waals surface area contributed by atoms with Crippen molar-refractivity contribution in [2.24, 2.45) is 0 Å². The summed E-state index contributed by atoms with van der Waals surface area (Å²) in [5.74, 6) is 0. The maximum atomic E-state index is 7.92. The van der Waals surface area contributed by atoms with Crippen molar-refractivity contribution in [3.05, 3.63) is 0 Å². The van der Waals surface area contributed by atoms with Gasteiger partial charge in [0.15, 0.2) is 25.8 Å². The van der Waals surface area contributed by atoms with Crippen LogP contribution < -0.4 is 0 Å². The van der Waals surface area contributed by atoms with Crippen LogP contribution in [0.3, 0.4) is 0 Å². The van der Waals surface area contributed by atoms with Gasteiger partial charge in [-0.3, -0.25) is 0 Å². The standard InChI is InChI=1S/C4H6O4/c5-3-7-1-2-8-4-6/h5-6H,3-4H2. The van der Waals surface area contributed by atoms with Crippen molar-refractivity contribution in [1.82, 2.24) is 0 Å². The lowest BCUT2D eigenvalue weighted by molar-refractivity contribution is 0.0583. The smallest absolute Gasteiger partial charge is 0.197 e. The van der Waals surface area contributed by atoms with Crippen LogP contribution in [0.4, 0.5) is 0 Å². The molecule has 8 heavy (non-hydrogen) atoms. The van der Waals surface area contributed by atoms with E-state index in [0.29, 0.717) is 0 Å². The fourth-order valence-electron chi connectivity index (χ4n) is 0.123. The molecule has 0 spiro atoms. The van der Waals surface area contributed by atoms with Gasteiger partial charge in [-0.15, -0.1) is 0 Å². The highest BCUT2D eigenvalue weighted by Gasteiger charge is 1.68. The highest BCUT2D eigenvalue weighted by molar-refractivity contribution is 4.79. The van der Waals surface area contributed by atoms with Crippen molar-refractivity contribution in [2.75, 3.05) is 13.6 Å². The molecule has 2 N–H and O–H groups in total. The quantitative estimate of drug-likeness (QED) is 0.354. The Balaban J connectivity index is 2.95. The summed E-state index contributed by atoms with van der Waals surface area (Å²) in [5.41, 5.74) is 0. The second-order valence-electron chi connectivity index (χ2n) is 0.751. The Morgan fingerprint density at radius 2 is 1.38 bits per heavy atom. The maximum Gasteiger partial charge on any atom is 0.197 e. The van der Waals surface area contributed by atoms with Crippen molar-refractivity contribution in [3.8, 4) is 12.2 Å². The van der Waals surface area contributed by atoms with Crippen LogP contribution in [0.2, 0.25) is 0 Å². The first-order chi connectivity index (χ1) is 3.91. The van der Waals surface area contributed by atoms with Crippen LogP contribution in [0, 0.1) is 12.2 Å². The number of hydrogen-bond acceptors (Lipinski definition) is 4.